The van der Waals surface area contributed by atoms with Gasteiger partial charge in [0.1, 0.15) is 35.6 Å². The zero-order chi connectivity index (χ0) is 46.4. The predicted octanol–water partition coefficient (Wildman–Crippen LogP) is 0.548. The van der Waals surface area contributed by atoms with Crippen LogP contribution in [0.15, 0.2) is 18.2 Å². The van der Waals surface area contributed by atoms with Gasteiger partial charge in [0.2, 0.25) is 17.6 Å². The van der Waals surface area contributed by atoms with Crippen molar-refractivity contribution in [1.29, 1.82) is 0 Å². The SMILES string of the molecule is CCCOCCOCCOCCOCCOCCNC(=O)CCC(=O)N[C@H]1C[C@H](O[C@H]2C[C@](O)(C(=O)CO)Cc3c(O)c4c(c(O)c32)C(=O)c2c(OC)cccc2C4=O)O[C@@H](C)[C@H]1O. The van der Waals surface area contributed by atoms with Crippen LogP contribution in [-0.2, 0) is 54.0 Å². The molecule has 2 aliphatic carbocycles. The van der Waals surface area contributed by atoms with E-state index >= 15 is 0 Å². The van der Waals surface area contributed by atoms with Crippen molar-refractivity contribution in [3.8, 4) is 17.2 Å². The number of carbonyl (C=O) groups excluding carboxylic acids is 5. The van der Waals surface area contributed by atoms with Gasteiger partial charge in [-0.3, -0.25) is 24.0 Å². The van der Waals surface area contributed by atoms with Crippen molar-refractivity contribution in [3.63, 3.8) is 0 Å². The molecule has 354 valence electrons. The van der Waals surface area contributed by atoms with E-state index in [-0.39, 0.29) is 60.4 Å². The monoisotopic (exact) mass is 904 g/mol. The van der Waals surface area contributed by atoms with Gasteiger partial charge in [-0.1, -0.05) is 19.1 Å². The first-order valence-electron chi connectivity index (χ1n) is 21.4. The molecule has 20 nitrogen and oxygen atoms in total. The number of methoxy groups -OCH3 is 1. The number of rotatable bonds is 26. The number of benzene rings is 2. The molecule has 0 radical (unpaired) electrons. The second-order valence-electron chi connectivity index (χ2n) is 15.6. The van der Waals surface area contributed by atoms with Crippen LogP contribution in [0.25, 0.3) is 0 Å². The Kier molecular flexibility index (Phi) is 18.9. The second kappa shape index (κ2) is 24.1. The highest BCUT2D eigenvalue weighted by Gasteiger charge is 2.50. The first-order valence-corrected chi connectivity index (χ1v) is 21.4. The lowest BCUT2D eigenvalue weighted by Gasteiger charge is -2.43. The molecule has 2 aromatic carbocycles. The molecule has 0 bridgehead atoms. The summed E-state index contributed by atoms with van der Waals surface area (Å²) in [6.07, 6.45) is -5.82. The number of aliphatic hydroxyl groups is 3. The molecule has 7 N–H and O–H groups in total. The van der Waals surface area contributed by atoms with Crippen LogP contribution >= 0.6 is 0 Å². The third kappa shape index (κ3) is 12.4. The lowest BCUT2D eigenvalue weighted by molar-refractivity contribution is -0.249. The Labute approximate surface area is 370 Å². The first kappa shape index (κ1) is 50.4. The van der Waals surface area contributed by atoms with Crippen LogP contribution in [0.2, 0.25) is 0 Å². The number of amides is 2. The number of aromatic hydroxyl groups is 2. The number of aliphatic hydroxyl groups excluding tert-OH is 2. The minimum atomic E-state index is -2.36. The van der Waals surface area contributed by atoms with Gasteiger partial charge in [0.15, 0.2) is 17.9 Å². The van der Waals surface area contributed by atoms with Gasteiger partial charge in [0.25, 0.3) is 0 Å². The Morgan fingerprint density at radius 3 is 2.03 bits per heavy atom. The highest BCUT2D eigenvalue weighted by molar-refractivity contribution is 6.31. The summed E-state index contributed by atoms with van der Waals surface area (Å²) in [5.74, 6) is -5.12. The molecule has 0 unspecified atom stereocenters. The van der Waals surface area contributed by atoms with Gasteiger partial charge in [0, 0.05) is 61.9 Å². The zero-order valence-corrected chi connectivity index (χ0v) is 36.4. The van der Waals surface area contributed by atoms with E-state index in [0.717, 1.165) is 13.0 Å². The number of fused-ring (bicyclic) bond motifs is 3. The van der Waals surface area contributed by atoms with Crippen LogP contribution in [0.5, 0.6) is 17.2 Å². The Hall–Kier alpha value is -4.61. The molecular weight excluding hydrogens is 844 g/mol. The molecule has 2 amide bonds. The molecular formula is C44H60N2O18. The quantitative estimate of drug-likeness (QED) is 0.0428. The summed E-state index contributed by atoms with van der Waals surface area (Å²) in [7, 11) is 1.30. The fraction of sp³-hybridized carbons (Fsp3) is 0.614. The van der Waals surface area contributed by atoms with Crippen LogP contribution in [0.4, 0.5) is 0 Å². The fourth-order valence-corrected chi connectivity index (χ4v) is 7.84. The number of Topliss-reactive ketones (excluding diaryl/α,β-unsaturated/α-hetero) is 1. The predicted molar refractivity (Wildman–Crippen MR) is 222 cm³/mol. The fourth-order valence-electron chi connectivity index (χ4n) is 7.84. The molecule has 5 rings (SSSR count). The van der Waals surface area contributed by atoms with Crippen molar-refractivity contribution in [3.05, 3.63) is 51.6 Å². The maximum atomic E-state index is 14.0. The van der Waals surface area contributed by atoms with Crippen LogP contribution in [-0.4, -0.2) is 171 Å². The summed E-state index contributed by atoms with van der Waals surface area (Å²) in [5.41, 5.74) is -4.16. The van der Waals surface area contributed by atoms with Crippen molar-refractivity contribution in [2.45, 2.75) is 88.6 Å². The molecule has 2 aromatic rings. The molecule has 1 heterocycles. The van der Waals surface area contributed by atoms with E-state index in [4.69, 9.17) is 37.9 Å². The summed E-state index contributed by atoms with van der Waals surface area (Å²) in [6.45, 7) is 7.07. The number of phenolic OH excluding ortho intramolecular Hbond substituents is 2. The minimum Gasteiger partial charge on any atom is -0.507 e. The summed E-state index contributed by atoms with van der Waals surface area (Å²) >= 11 is 0. The van der Waals surface area contributed by atoms with Gasteiger partial charge in [0.05, 0.1) is 102 Å². The lowest BCUT2D eigenvalue weighted by Crippen LogP contribution is -2.56. The average Bonchev–Trinajstić information content (AvgIpc) is 3.27. The Morgan fingerprint density at radius 2 is 1.42 bits per heavy atom. The van der Waals surface area contributed by atoms with Crippen LogP contribution in [0.1, 0.15) is 95.0 Å². The van der Waals surface area contributed by atoms with Crippen molar-refractivity contribution in [1.82, 2.24) is 10.6 Å². The zero-order valence-electron chi connectivity index (χ0n) is 36.4. The first-order chi connectivity index (χ1) is 30.8. The smallest absolute Gasteiger partial charge is 0.220 e. The average molecular weight is 905 g/mol. The summed E-state index contributed by atoms with van der Waals surface area (Å²) in [5, 5.41) is 61.0. The standard InChI is InChI=1S/C44H60N2O18/c1-4-11-58-13-15-60-17-19-62-20-18-61-16-14-59-12-10-45-32(49)8-9-33(50)46-28-21-34(63-25(2)39(28)51)64-30-23-44(56,31(48)24-47)22-27-36(30)43(55)38-37(41(27)53)40(52)26-6-5-7-29(57-3)35(26)42(38)54/h5-7,25,28,30,34,39,47,51,53,55-56H,4,8-24H2,1-3H3,(H,45,49)(H,46,50)/t25-,28-,30-,34-,39+,44-/m0/s1. The third-order valence-corrected chi connectivity index (χ3v) is 11.1. The Morgan fingerprint density at radius 1 is 0.828 bits per heavy atom. The number of hydrogen-bond donors (Lipinski definition) is 7. The van der Waals surface area contributed by atoms with E-state index in [1.165, 1.54) is 32.2 Å². The number of hydrogen-bond acceptors (Lipinski definition) is 18. The number of ether oxygens (including phenoxy) is 8. The molecule has 1 fully saturated rings. The molecule has 64 heavy (non-hydrogen) atoms. The second-order valence-corrected chi connectivity index (χ2v) is 15.6. The molecule has 0 saturated carbocycles. The highest BCUT2D eigenvalue weighted by atomic mass is 16.7. The number of phenols is 2. The van der Waals surface area contributed by atoms with Crippen molar-refractivity contribution in [2.75, 3.05) is 86.3 Å². The summed E-state index contributed by atoms with van der Waals surface area (Å²) < 4.78 is 44.5. The topological polar surface area (TPSA) is 284 Å². The molecule has 0 aromatic heterocycles. The molecule has 20 heteroatoms. The van der Waals surface area contributed by atoms with E-state index in [2.05, 4.69) is 10.6 Å². The van der Waals surface area contributed by atoms with Gasteiger partial charge < -0.3 is 74.1 Å². The lowest BCUT2D eigenvalue weighted by atomic mass is 9.72. The van der Waals surface area contributed by atoms with E-state index in [1.807, 2.05) is 6.92 Å². The summed E-state index contributed by atoms with van der Waals surface area (Å²) in [4.78, 5) is 66.1. The van der Waals surface area contributed by atoms with Gasteiger partial charge >= 0.3 is 0 Å². The van der Waals surface area contributed by atoms with Crippen molar-refractivity contribution < 1.29 is 87.4 Å². The Bertz CT molecular complexity index is 1960. The van der Waals surface area contributed by atoms with Crippen molar-refractivity contribution >= 4 is 29.2 Å². The number of carbonyl (C=O) groups is 5. The summed E-state index contributed by atoms with van der Waals surface area (Å²) in [6, 6.07) is 3.31. The molecule has 3 aliphatic rings. The molecule has 0 spiro atoms. The van der Waals surface area contributed by atoms with E-state index in [0.29, 0.717) is 52.9 Å². The van der Waals surface area contributed by atoms with Crippen LogP contribution in [0, 0.1) is 0 Å². The van der Waals surface area contributed by atoms with Gasteiger partial charge in [-0.25, -0.2) is 0 Å². The number of ketones is 3. The van der Waals surface area contributed by atoms with Gasteiger partial charge in [-0.15, -0.1) is 0 Å². The molecule has 1 saturated heterocycles. The third-order valence-electron chi connectivity index (χ3n) is 11.1. The normalized spacial score (nSPS) is 22.6. The largest absolute Gasteiger partial charge is 0.507 e. The van der Waals surface area contributed by atoms with Crippen molar-refractivity contribution in [2.24, 2.45) is 0 Å². The maximum absolute atomic E-state index is 14.0. The Balaban J connectivity index is 1.11. The van der Waals surface area contributed by atoms with E-state index in [1.54, 1.807) is 0 Å². The highest BCUT2D eigenvalue weighted by Crippen LogP contribution is 2.52. The van der Waals surface area contributed by atoms with Crippen LogP contribution < -0.4 is 15.4 Å². The van der Waals surface area contributed by atoms with E-state index in [9.17, 15) is 49.5 Å². The van der Waals surface area contributed by atoms with Gasteiger partial charge in [-0.2, -0.15) is 0 Å². The molecule has 1 aliphatic heterocycles. The maximum Gasteiger partial charge on any atom is 0.220 e. The molecule has 6 atom stereocenters. The number of nitrogens with one attached hydrogen (secondary N) is 2. The van der Waals surface area contributed by atoms with Crippen LogP contribution in [0.3, 0.4) is 0 Å². The minimum absolute atomic E-state index is 0.0499. The van der Waals surface area contributed by atoms with E-state index < -0.39 is 107 Å². The van der Waals surface area contributed by atoms with Gasteiger partial charge in [-0.05, 0) is 19.4 Å².